The number of fused-ring (bicyclic) bond motifs is 3. The van der Waals surface area contributed by atoms with E-state index >= 15 is 0 Å². The Morgan fingerprint density at radius 1 is 1.32 bits per heavy atom. The summed E-state index contributed by atoms with van der Waals surface area (Å²) < 4.78 is 1.98. The van der Waals surface area contributed by atoms with Crippen LogP contribution < -0.4 is 5.32 Å². The fraction of sp³-hybridized carbons (Fsp3) is 0.643. The van der Waals surface area contributed by atoms with E-state index in [1.807, 2.05) is 23.7 Å². The van der Waals surface area contributed by atoms with Crippen molar-refractivity contribution in [1.29, 1.82) is 0 Å². The van der Waals surface area contributed by atoms with Gasteiger partial charge in [0, 0.05) is 18.9 Å². The molecule has 0 aromatic carbocycles. The number of hydrogen-bond donors (Lipinski definition) is 1. The quantitative estimate of drug-likeness (QED) is 0.916. The predicted molar refractivity (Wildman–Crippen MR) is 72.9 cm³/mol. The first kappa shape index (κ1) is 11.2. The van der Waals surface area contributed by atoms with E-state index in [0.29, 0.717) is 0 Å². The van der Waals surface area contributed by atoms with E-state index in [9.17, 15) is 0 Å². The summed E-state index contributed by atoms with van der Waals surface area (Å²) in [6.07, 6.45) is 9.46. The van der Waals surface area contributed by atoms with E-state index in [1.165, 1.54) is 25.7 Å². The fourth-order valence-corrected chi connectivity index (χ4v) is 3.92. The maximum atomic E-state index is 4.41. The zero-order chi connectivity index (χ0) is 12.8. The van der Waals surface area contributed by atoms with Crippen LogP contribution in [0.3, 0.4) is 0 Å². The number of rotatable bonds is 3. The van der Waals surface area contributed by atoms with Crippen LogP contribution in [0.1, 0.15) is 31.5 Å². The molecule has 2 aliphatic rings. The number of nitrogens with zero attached hydrogens (tertiary/aromatic N) is 4. The minimum absolute atomic E-state index is 0.824. The van der Waals surface area contributed by atoms with Crippen molar-refractivity contribution in [3.8, 4) is 0 Å². The summed E-state index contributed by atoms with van der Waals surface area (Å²) in [5.41, 5.74) is 0.836. The van der Waals surface area contributed by atoms with Gasteiger partial charge in [0.1, 0.15) is 5.82 Å². The molecule has 4 rings (SSSR count). The number of anilines is 1. The van der Waals surface area contributed by atoms with Crippen LogP contribution in [0, 0.1) is 24.7 Å². The molecule has 1 N–H and O–H groups in total. The van der Waals surface area contributed by atoms with Gasteiger partial charge in [-0.3, -0.25) is 4.40 Å². The third-order valence-electron chi connectivity index (χ3n) is 4.91. The average molecular weight is 257 g/mol. The van der Waals surface area contributed by atoms with Crippen LogP contribution in [0.2, 0.25) is 0 Å². The van der Waals surface area contributed by atoms with Gasteiger partial charge in [-0.1, -0.05) is 6.42 Å². The molecular weight excluding hydrogens is 238 g/mol. The minimum Gasteiger partial charge on any atom is -0.367 e. The van der Waals surface area contributed by atoms with Crippen LogP contribution in [0.5, 0.6) is 0 Å². The summed E-state index contributed by atoms with van der Waals surface area (Å²) >= 11 is 0. The Kier molecular flexibility index (Phi) is 2.47. The minimum atomic E-state index is 0.824. The standard InChI is InChI=1S/C14H19N5/c1-9-17-18-14-13(15-4-5-19(9)14)16-8-12-7-10-2-3-11(12)6-10/h4-5,10-12H,2-3,6-8H2,1H3,(H,15,16). The lowest BCUT2D eigenvalue weighted by molar-refractivity contribution is 0.348. The summed E-state index contributed by atoms with van der Waals surface area (Å²) in [5.74, 6) is 4.53. The Labute approximate surface area is 112 Å². The zero-order valence-electron chi connectivity index (χ0n) is 11.2. The molecule has 5 heteroatoms. The second-order valence-electron chi connectivity index (χ2n) is 6.03. The van der Waals surface area contributed by atoms with Crippen LogP contribution in [0.4, 0.5) is 5.82 Å². The van der Waals surface area contributed by atoms with Crippen LogP contribution in [-0.4, -0.2) is 26.1 Å². The van der Waals surface area contributed by atoms with Crippen LogP contribution in [0.15, 0.2) is 12.4 Å². The van der Waals surface area contributed by atoms with Gasteiger partial charge in [-0.2, -0.15) is 0 Å². The second-order valence-corrected chi connectivity index (χ2v) is 6.03. The first-order valence-corrected chi connectivity index (χ1v) is 7.21. The fourth-order valence-electron chi connectivity index (χ4n) is 3.92. The average Bonchev–Trinajstić information content (AvgIpc) is 3.12. The molecule has 0 aliphatic heterocycles. The van der Waals surface area contributed by atoms with E-state index in [0.717, 1.165) is 41.6 Å². The third-order valence-corrected chi connectivity index (χ3v) is 4.91. The Bertz CT molecular complexity index is 605. The van der Waals surface area contributed by atoms with E-state index in [-0.39, 0.29) is 0 Å². The molecule has 3 unspecified atom stereocenters. The lowest BCUT2D eigenvalue weighted by Gasteiger charge is -2.22. The molecule has 2 aromatic heterocycles. The number of hydrogen-bond acceptors (Lipinski definition) is 4. The van der Waals surface area contributed by atoms with Gasteiger partial charge in [-0.25, -0.2) is 4.98 Å². The molecule has 0 amide bonds. The molecule has 0 saturated heterocycles. The van der Waals surface area contributed by atoms with Gasteiger partial charge >= 0.3 is 0 Å². The van der Waals surface area contributed by atoms with Crippen LogP contribution >= 0.6 is 0 Å². The van der Waals surface area contributed by atoms with Gasteiger partial charge < -0.3 is 5.32 Å². The molecule has 2 aliphatic carbocycles. The lowest BCUT2D eigenvalue weighted by atomic mass is 9.89. The highest BCUT2D eigenvalue weighted by Gasteiger charge is 2.39. The number of nitrogens with one attached hydrogen (secondary N) is 1. The second kappa shape index (κ2) is 4.18. The summed E-state index contributed by atoms with van der Waals surface area (Å²) in [5, 5.41) is 11.8. The Balaban J connectivity index is 1.52. The molecule has 0 spiro atoms. The number of aromatic nitrogens is 4. The van der Waals surface area contributed by atoms with Gasteiger partial charge in [0.05, 0.1) is 0 Å². The Morgan fingerprint density at radius 2 is 2.26 bits per heavy atom. The molecular formula is C14H19N5. The van der Waals surface area contributed by atoms with Gasteiger partial charge in [0.25, 0.3) is 0 Å². The van der Waals surface area contributed by atoms with Crippen molar-refractivity contribution in [3.63, 3.8) is 0 Å². The molecule has 2 heterocycles. The van der Waals surface area contributed by atoms with Crippen LogP contribution in [0.25, 0.3) is 5.65 Å². The molecule has 2 aromatic rings. The highest BCUT2D eigenvalue weighted by Crippen LogP contribution is 2.48. The maximum Gasteiger partial charge on any atom is 0.203 e. The molecule has 100 valence electrons. The molecule has 19 heavy (non-hydrogen) atoms. The summed E-state index contributed by atoms with van der Waals surface area (Å²) in [4.78, 5) is 4.41. The highest BCUT2D eigenvalue weighted by atomic mass is 15.3. The Morgan fingerprint density at radius 3 is 3.05 bits per heavy atom. The van der Waals surface area contributed by atoms with Crippen LogP contribution in [-0.2, 0) is 0 Å². The summed E-state index contributed by atoms with van der Waals surface area (Å²) in [7, 11) is 0. The summed E-state index contributed by atoms with van der Waals surface area (Å²) in [6.45, 7) is 2.99. The van der Waals surface area contributed by atoms with E-state index in [1.54, 1.807) is 0 Å². The normalized spacial score (nSPS) is 29.2. The zero-order valence-corrected chi connectivity index (χ0v) is 11.2. The molecule has 5 nitrogen and oxygen atoms in total. The van der Waals surface area contributed by atoms with Crippen molar-refractivity contribution in [2.45, 2.75) is 32.6 Å². The molecule has 2 saturated carbocycles. The SMILES string of the molecule is Cc1nnc2c(NCC3CC4CCC3C4)nccn12. The smallest absolute Gasteiger partial charge is 0.203 e. The van der Waals surface area contributed by atoms with Gasteiger partial charge in [-0.15, -0.1) is 10.2 Å². The molecule has 2 bridgehead atoms. The lowest BCUT2D eigenvalue weighted by Crippen LogP contribution is -2.20. The van der Waals surface area contributed by atoms with E-state index < -0.39 is 0 Å². The highest BCUT2D eigenvalue weighted by molar-refractivity contribution is 5.61. The van der Waals surface area contributed by atoms with Crippen molar-refractivity contribution in [2.75, 3.05) is 11.9 Å². The van der Waals surface area contributed by atoms with Gasteiger partial charge in [-0.05, 0) is 43.9 Å². The third kappa shape index (κ3) is 1.79. The van der Waals surface area contributed by atoms with Crippen molar-refractivity contribution in [3.05, 3.63) is 18.2 Å². The van der Waals surface area contributed by atoms with Crippen molar-refractivity contribution >= 4 is 11.5 Å². The summed E-state index contributed by atoms with van der Waals surface area (Å²) in [6, 6.07) is 0. The molecule has 0 radical (unpaired) electrons. The van der Waals surface area contributed by atoms with Gasteiger partial charge in [0.2, 0.25) is 5.65 Å². The van der Waals surface area contributed by atoms with Gasteiger partial charge in [0.15, 0.2) is 5.82 Å². The maximum absolute atomic E-state index is 4.41. The van der Waals surface area contributed by atoms with Crippen molar-refractivity contribution < 1.29 is 0 Å². The Hall–Kier alpha value is -1.65. The number of aryl methyl sites for hydroxylation is 1. The van der Waals surface area contributed by atoms with E-state index in [4.69, 9.17) is 0 Å². The predicted octanol–water partition coefficient (Wildman–Crippen LogP) is 2.28. The molecule has 2 fully saturated rings. The van der Waals surface area contributed by atoms with E-state index in [2.05, 4.69) is 20.5 Å². The first-order chi connectivity index (χ1) is 9.31. The first-order valence-electron chi connectivity index (χ1n) is 7.21. The van der Waals surface area contributed by atoms with Crippen molar-refractivity contribution in [1.82, 2.24) is 19.6 Å². The largest absolute Gasteiger partial charge is 0.367 e. The molecule has 3 atom stereocenters. The topological polar surface area (TPSA) is 55.1 Å². The van der Waals surface area contributed by atoms with Crippen molar-refractivity contribution in [2.24, 2.45) is 17.8 Å². The monoisotopic (exact) mass is 257 g/mol.